The minimum atomic E-state index is -4.50. The molecule has 0 aliphatic heterocycles. The van der Waals surface area contributed by atoms with Gasteiger partial charge in [0.1, 0.15) is 17.5 Å². The minimum Gasteiger partial charge on any atom is -0.466 e. The highest BCUT2D eigenvalue weighted by molar-refractivity contribution is 5.91. The molecule has 7 nitrogen and oxygen atoms in total. The molecule has 5 rings (SSSR count). The quantitative estimate of drug-likeness (QED) is 0.196. The summed E-state index contributed by atoms with van der Waals surface area (Å²) in [7, 11) is 0. The normalized spacial score (nSPS) is 14.6. The number of halogens is 3. The van der Waals surface area contributed by atoms with Crippen LogP contribution < -0.4 is 5.32 Å². The highest BCUT2D eigenvalue weighted by atomic mass is 19.4. The molecule has 1 aromatic heterocycles. The van der Waals surface area contributed by atoms with Crippen LogP contribution in [0.2, 0.25) is 0 Å². The van der Waals surface area contributed by atoms with E-state index in [-0.39, 0.29) is 16.9 Å². The van der Waals surface area contributed by atoms with Gasteiger partial charge in [-0.25, -0.2) is 4.79 Å². The van der Waals surface area contributed by atoms with Crippen LogP contribution in [0.4, 0.5) is 23.7 Å². The molecule has 0 bridgehead atoms. The SMILES string of the molecule is CCOC(=O)C1(Cc2ccc(-c3ccc(-c4onc(C)c4NC(=O)OC(C)c4cccc(C(F)(F)F)c4)cc3)cc2)CC1. The number of ether oxygens (including phenoxy) is 2. The third kappa shape index (κ3) is 6.74. The van der Waals surface area contributed by atoms with Crippen LogP contribution in [-0.4, -0.2) is 23.8 Å². The molecular formula is C33H31F3N2O5. The first-order valence-corrected chi connectivity index (χ1v) is 14.0. The summed E-state index contributed by atoms with van der Waals surface area (Å²) in [5.74, 6) is 0.196. The van der Waals surface area contributed by atoms with Gasteiger partial charge in [-0.15, -0.1) is 0 Å². The molecule has 224 valence electrons. The number of esters is 1. The van der Waals surface area contributed by atoms with Gasteiger partial charge in [0.25, 0.3) is 0 Å². The maximum absolute atomic E-state index is 13.1. The van der Waals surface area contributed by atoms with E-state index in [9.17, 15) is 22.8 Å². The number of benzene rings is 3. The monoisotopic (exact) mass is 592 g/mol. The number of amides is 1. The number of hydrogen-bond donors (Lipinski definition) is 1. The van der Waals surface area contributed by atoms with Gasteiger partial charge in [0.05, 0.1) is 17.6 Å². The van der Waals surface area contributed by atoms with E-state index in [0.717, 1.165) is 41.7 Å². The zero-order valence-corrected chi connectivity index (χ0v) is 24.0. The van der Waals surface area contributed by atoms with Gasteiger partial charge in [-0.05, 0) is 74.4 Å². The number of alkyl halides is 3. The number of carbonyl (C=O) groups excluding carboxylic acids is 2. The molecule has 1 atom stereocenters. The number of hydrogen-bond acceptors (Lipinski definition) is 6. The number of rotatable bonds is 9. The maximum atomic E-state index is 13.1. The van der Waals surface area contributed by atoms with Gasteiger partial charge in [-0.2, -0.15) is 13.2 Å². The summed E-state index contributed by atoms with van der Waals surface area (Å²) in [6.45, 7) is 5.35. The van der Waals surface area contributed by atoms with Gasteiger partial charge >= 0.3 is 18.2 Å². The fourth-order valence-corrected chi connectivity index (χ4v) is 4.95. The molecule has 10 heteroatoms. The molecule has 43 heavy (non-hydrogen) atoms. The third-order valence-corrected chi connectivity index (χ3v) is 7.60. The first-order valence-electron chi connectivity index (χ1n) is 14.0. The van der Waals surface area contributed by atoms with Crippen molar-refractivity contribution >= 4 is 17.7 Å². The molecule has 1 fully saturated rings. The smallest absolute Gasteiger partial charge is 0.416 e. The van der Waals surface area contributed by atoms with Gasteiger partial charge in [0.15, 0.2) is 5.76 Å². The van der Waals surface area contributed by atoms with Crippen molar-refractivity contribution in [3.05, 3.63) is 95.2 Å². The summed E-state index contributed by atoms with van der Waals surface area (Å²) in [6.07, 6.45) is -3.94. The number of aryl methyl sites for hydroxylation is 1. The molecule has 4 aromatic rings. The van der Waals surface area contributed by atoms with Crippen LogP contribution >= 0.6 is 0 Å². The summed E-state index contributed by atoms with van der Waals surface area (Å²) in [5.41, 5.74) is 3.41. The van der Waals surface area contributed by atoms with Crippen molar-refractivity contribution in [1.82, 2.24) is 5.16 Å². The lowest BCUT2D eigenvalue weighted by molar-refractivity contribution is -0.149. The Balaban J connectivity index is 1.25. The first-order chi connectivity index (χ1) is 20.5. The molecule has 1 aliphatic carbocycles. The summed E-state index contributed by atoms with van der Waals surface area (Å²) >= 11 is 0. The molecular weight excluding hydrogens is 561 g/mol. The number of anilines is 1. The predicted molar refractivity (Wildman–Crippen MR) is 154 cm³/mol. The fourth-order valence-electron chi connectivity index (χ4n) is 4.95. The Labute approximate surface area is 247 Å². The van der Waals surface area contributed by atoms with E-state index in [0.29, 0.717) is 35.7 Å². The lowest BCUT2D eigenvalue weighted by Crippen LogP contribution is -2.21. The van der Waals surface area contributed by atoms with E-state index in [1.54, 1.807) is 6.92 Å². The van der Waals surface area contributed by atoms with Crippen molar-refractivity contribution in [2.45, 2.75) is 52.3 Å². The Morgan fingerprint density at radius 1 is 1.00 bits per heavy atom. The first kappa shape index (κ1) is 29.9. The Kier molecular flexibility index (Phi) is 8.30. The molecule has 1 saturated carbocycles. The standard InChI is InChI=1S/C33H31F3N2O5/c1-4-41-30(39)32(16-17-32)19-22-8-10-23(11-9-22)24-12-14-25(15-13-24)29-28(20(2)38-43-29)37-31(40)42-21(3)26-6-5-7-27(18-26)33(34,35)36/h5-15,18,21H,4,16-17,19H2,1-3H3,(H,37,40). The Morgan fingerprint density at radius 3 is 2.23 bits per heavy atom. The van der Waals surface area contributed by atoms with Crippen LogP contribution in [0.25, 0.3) is 22.5 Å². The molecule has 0 spiro atoms. The third-order valence-electron chi connectivity index (χ3n) is 7.60. The molecule has 0 radical (unpaired) electrons. The second-order valence-electron chi connectivity index (χ2n) is 10.7. The molecule has 1 heterocycles. The van der Waals surface area contributed by atoms with Crippen molar-refractivity contribution in [1.29, 1.82) is 0 Å². The van der Waals surface area contributed by atoms with Gasteiger partial charge in [0, 0.05) is 5.56 Å². The lowest BCUT2D eigenvalue weighted by atomic mass is 9.94. The molecule has 1 amide bonds. The van der Waals surface area contributed by atoms with Crippen LogP contribution in [0.5, 0.6) is 0 Å². The highest BCUT2D eigenvalue weighted by Gasteiger charge is 2.51. The van der Waals surface area contributed by atoms with E-state index >= 15 is 0 Å². The zero-order valence-electron chi connectivity index (χ0n) is 24.0. The number of nitrogens with one attached hydrogen (secondary N) is 1. The minimum absolute atomic E-state index is 0.121. The van der Waals surface area contributed by atoms with Crippen LogP contribution in [0.3, 0.4) is 0 Å². The summed E-state index contributed by atoms with van der Waals surface area (Å²) in [5, 5.41) is 6.59. The van der Waals surface area contributed by atoms with Gasteiger partial charge < -0.3 is 14.0 Å². The second kappa shape index (κ2) is 11.9. The Bertz CT molecular complexity index is 1610. The molecule has 3 aromatic carbocycles. The predicted octanol–water partition coefficient (Wildman–Crippen LogP) is 8.53. The van der Waals surface area contributed by atoms with Crippen LogP contribution in [-0.2, 0) is 26.9 Å². The largest absolute Gasteiger partial charge is 0.466 e. The molecule has 1 aliphatic rings. The van der Waals surface area contributed by atoms with Crippen molar-refractivity contribution < 1.29 is 36.8 Å². The molecule has 1 unspecified atom stereocenters. The number of carbonyl (C=O) groups is 2. The Morgan fingerprint density at radius 2 is 1.63 bits per heavy atom. The second-order valence-corrected chi connectivity index (χ2v) is 10.7. The van der Waals surface area contributed by atoms with E-state index < -0.39 is 23.9 Å². The van der Waals surface area contributed by atoms with Crippen LogP contribution in [0, 0.1) is 12.3 Å². The summed E-state index contributed by atoms with van der Waals surface area (Å²) in [4.78, 5) is 25.0. The van der Waals surface area contributed by atoms with Gasteiger partial charge in [-0.3, -0.25) is 10.1 Å². The average molecular weight is 593 g/mol. The van der Waals surface area contributed by atoms with E-state index in [2.05, 4.69) is 10.5 Å². The van der Waals surface area contributed by atoms with Crippen molar-refractivity contribution in [2.75, 3.05) is 11.9 Å². The van der Waals surface area contributed by atoms with Crippen molar-refractivity contribution in [3.63, 3.8) is 0 Å². The van der Waals surface area contributed by atoms with Crippen LogP contribution in [0.15, 0.2) is 77.3 Å². The number of nitrogens with zero attached hydrogens (tertiary/aromatic N) is 1. The average Bonchev–Trinajstić information content (AvgIpc) is 3.69. The lowest BCUT2D eigenvalue weighted by Gasteiger charge is -2.16. The van der Waals surface area contributed by atoms with Gasteiger partial charge in [-0.1, -0.05) is 65.8 Å². The Hall–Kier alpha value is -4.60. The summed E-state index contributed by atoms with van der Waals surface area (Å²) < 4.78 is 55.3. The van der Waals surface area contributed by atoms with Crippen molar-refractivity contribution in [3.8, 4) is 22.5 Å². The topological polar surface area (TPSA) is 90.7 Å². The maximum Gasteiger partial charge on any atom is 0.416 e. The summed E-state index contributed by atoms with van der Waals surface area (Å²) in [6, 6.07) is 20.2. The van der Waals surface area contributed by atoms with Gasteiger partial charge in [0.2, 0.25) is 0 Å². The van der Waals surface area contributed by atoms with Crippen molar-refractivity contribution in [2.24, 2.45) is 5.41 Å². The highest BCUT2D eigenvalue weighted by Crippen LogP contribution is 2.49. The number of aromatic nitrogens is 1. The van der Waals surface area contributed by atoms with E-state index in [4.69, 9.17) is 14.0 Å². The molecule has 1 N–H and O–H groups in total. The van der Waals surface area contributed by atoms with E-state index in [1.165, 1.54) is 19.1 Å². The fraction of sp³-hybridized carbons (Fsp3) is 0.303. The van der Waals surface area contributed by atoms with Crippen LogP contribution in [0.1, 0.15) is 55.2 Å². The van der Waals surface area contributed by atoms with E-state index in [1.807, 2.05) is 55.5 Å². The molecule has 0 saturated heterocycles. The zero-order chi connectivity index (χ0) is 30.8.